The van der Waals surface area contributed by atoms with Crippen molar-refractivity contribution in [3.8, 4) is 0 Å². The van der Waals surface area contributed by atoms with Crippen LogP contribution in [0.25, 0.3) is 0 Å². The molecule has 0 aliphatic heterocycles. The monoisotopic (exact) mass is 246 g/mol. The topological polar surface area (TPSA) is 68.5 Å². The molecule has 0 saturated heterocycles. The second-order valence-corrected chi connectivity index (χ2v) is 4.23. The van der Waals surface area contributed by atoms with Crippen LogP contribution in [0.15, 0.2) is 0 Å². The fraction of sp³-hybridized carbons (Fsp3) is 1.00. The Kier molecular flexibility index (Phi) is 10.2. The van der Waals surface area contributed by atoms with Gasteiger partial charge in [0.25, 0.3) is 0 Å². The zero-order valence-corrected chi connectivity index (χ0v) is 11.5. The van der Waals surface area contributed by atoms with Crippen LogP contribution in [-0.2, 0) is 9.47 Å². The molecular formula is C10H24N3O2Si. The van der Waals surface area contributed by atoms with Crippen LogP contribution in [0.2, 0.25) is 0 Å². The first-order chi connectivity index (χ1) is 7.60. The van der Waals surface area contributed by atoms with Gasteiger partial charge in [0.05, 0.1) is 12.8 Å². The lowest BCUT2D eigenvalue weighted by atomic mass is 10.2. The molecule has 0 spiro atoms. The van der Waals surface area contributed by atoms with Crippen LogP contribution >= 0.6 is 0 Å². The summed E-state index contributed by atoms with van der Waals surface area (Å²) in [6.45, 7) is 6.33. The minimum absolute atomic E-state index is 0.264. The second-order valence-electron chi connectivity index (χ2n) is 3.76. The molecule has 3 atom stereocenters. The Balaban J connectivity index is 3.46. The molecule has 0 saturated carbocycles. The summed E-state index contributed by atoms with van der Waals surface area (Å²) in [6, 6.07) is 0.385. The van der Waals surface area contributed by atoms with Gasteiger partial charge in [-0.05, 0) is 20.3 Å². The van der Waals surface area contributed by atoms with Crippen molar-refractivity contribution in [2.75, 3.05) is 26.8 Å². The molecule has 5 nitrogen and oxygen atoms in total. The minimum Gasteiger partial charge on any atom is -0.361 e. The molecule has 0 aromatic rings. The summed E-state index contributed by atoms with van der Waals surface area (Å²) in [5.74, 6) is -0.319. The van der Waals surface area contributed by atoms with Gasteiger partial charge in [0.2, 0.25) is 0 Å². The third-order valence-electron chi connectivity index (χ3n) is 2.16. The van der Waals surface area contributed by atoms with E-state index in [4.69, 9.17) is 15.2 Å². The molecule has 3 unspecified atom stereocenters. The van der Waals surface area contributed by atoms with E-state index >= 15 is 0 Å². The Morgan fingerprint density at radius 3 is 2.62 bits per heavy atom. The van der Waals surface area contributed by atoms with Gasteiger partial charge in [0.15, 0.2) is 0 Å². The largest absolute Gasteiger partial charge is 0.361 e. The van der Waals surface area contributed by atoms with Crippen molar-refractivity contribution in [2.45, 2.75) is 38.4 Å². The van der Waals surface area contributed by atoms with E-state index < -0.39 is 0 Å². The summed E-state index contributed by atoms with van der Waals surface area (Å²) in [5.41, 5.74) is 5.41. The van der Waals surface area contributed by atoms with Gasteiger partial charge in [0, 0.05) is 26.2 Å². The van der Waals surface area contributed by atoms with Gasteiger partial charge in [-0.25, -0.2) is 0 Å². The summed E-state index contributed by atoms with van der Waals surface area (Å²) >= 11 is 0. The van der Waals surface area contributed by atoms with Crippen molar-refractivity contribution in [3.63, 3.8) is 0 Å². The molecule has 0 fully saturated rings. The van der Waals surface area contributed by atoms with E-state index in [0.29, 0.717) is 19.2 Å². The molecule has 0 rings (SSSR count). The van der Waals surface area contributed by atoms with Gasteiger partial charge >= 0.3 is 0 Å². The van der Waals surface area contributed by atoms with E-state index in [1.807, 2.05) is 0 Å². The predicted molar refractivity (Wildman–Crippen MR) is 66.2 cm³/mol. The number of hydrogen-bond acceptors (Lipinski definition) is 5. The van der Waals surface area contributed by atoms with Crippen molar-refractivity contribution in [3.05, 3.63) is 0 Å². The fourth-order valence-corrected chi connectivity index (χ4v) is 1.41. The highest BCUT2D eigenvalue weighted by molar-refractivity contribution is 6.09. The van der Waals surface area contributed by atoms with Gasteiger partial charge in [-0.2, -0.15) is 0 Å². The molecule has 0 aromatic carbocycles. The van der Waals surface area contributed by atoms with Gasteiger partial charge in [-0.15, -0.1) is 0 Å². The van der Waals surface area contributed by atoms with Crippen LogP contribution in [0.4, 0.5) is 0 Å². The van der Waals surface area contributed by atoms with Crippen LogP contribution in [0.1, 0.15) is 20.3 Å². The molecule has 0 bridgehead atoms. The van der Waals surface area contributed by atoms with E-state index in [9.17, 15) is 0 Å². The zero-order valence-electron chi connectivity index (χ0n) is 10.5. The molecule has 3 radical (unpaired) electrons. The highest BCUT2D eigenvalue weighted by Crippen LogP contribution is 1.95. The summed E-state index contributed by atoms with van der Waals surface area (Å²) in [5, 5.41) is 6.67. The van der Waals surface area contributed by atoms with Crippen molar-refractivity contribution in [2.24, 2.45) is 5.73 Å². The SMILES string of the molecule is COC([Si])OCCC(C)NC(C)NCCN. The third-order valence-corrected chi connectivity index (χ3v) is 2.57. The highest BCUT2D eigenvalue weighted by Gasteiger charge is 2.07. The molecule has 6 heteroatoms. The minimum atomic E-state index is -0.319. The van der Waals surface area contributed by atoms with Crippen LogP contribution in [0.3, 0.4) is 0 Å². The first-order valence-electron chi connectivity index (χ1n) is 5.65. The van der Waals surface area contributed by atoms with Crippen LogP contribution in [0, 0.1) is 0 Å². The quantitative estimate of drug-likeness (QED) is 0.353. The number of nitrogens with two attached hydrogens (primary N) is 1. The first-order valence-corrected chi connectivity index (χ1v) is 6.23. The summed E-state index contributed by atoms with van der Waals surface area (Å²) in [7, 11) is 4.87. The van der Waals surface area contributed by atoms with Crippen LogP contribution in [-0.4, -0.2) is 55.2 Å². The number of ether oxygens (including phenoxy) is 2. The Morgan fingerprint density at radius 1 is 1.38 bits per heavy atom. The van der Waals surface area contributed by atoms with E-state index in [1.165, 1.54) is 0 Å². The molecule has 0 amide bonds. The van der Waals surface area contributed by atoms with Gasteiger partial charge in [-0.1, -0.05) is 0 Å². The highest BCUT2D eigenvalue weighted by atomic mass is 28.1. The molecule has 4 N–H and O–H groups in total. The lowest BCUT2D eigenvalue weighted by Crippen LogP contribution is -2.46. The number of methoxy groups -OCH3 is 1. The smallest absolute Gasteiger partial charge is 0.133 e. The average molecular weight is 246 g/mol. The van der Waals surface area contributed by atoms with Crippen molar-refractivity contribution in [1.82, 2.24) is 10.6 Å². The third kappa shape index (κ3) is 9.26. The Morgan fingerprint density at radius 2 is 2.06 bits per heavy atom. The lowest BCUT2D eigenvalue weighted by molar-refractivity contribution is -0.0686. The van der Waals surface area contributed by atoms with Crippen molar-refractivity contribution in [1.29, 1.82) is 0 Å². The number of nitrogens with one attached hydrogen (secondary N) is 2. The maximum absolute atomic E-state index is 5.41. The van der Waals surface area contributed by atoms with Crippen LogP contribution in [0.5, 0.6) is 0 Å². The van der Waals surface area contributed by atoms with E-state index in [1.54, 1.807) is 7.11 Å². The first kappa shape index (κ1) is 16.0. The van der Waals surface area contributed by atoms with Crippen molar-refractivity contribution < 1.29 is 9.47 Å². The molecule has 0 heterocycles. The Bertz CT molecular complexity index is 163. The second kappa shape index (κ2) is 10.2. The molecule has 0 aromatic heterocycles. The van der Waals surface area contributed by atoms with E-state index in [2.05, 4.69) is 34.7 Å². The maximum atomic E-state index is 5.41. The lowest BCUT2D eigenvalue weighted by Gasteiger charge is -2.21. The predicted octanol–water partition coefficient (Wildman–Crippen LogP) is -0.636. The Labute approximate surface area is 102 Å². The van der Waals surface area contributed by atoms with Gasteiger partial charge in [0.1, 0.15) is 16.2 Å². The van der Waals surface area contributed by atoms with Crippen LogP contribution < -0.4 is 16.4 Å². The average Bonchev–Trinajstić information content (AvgIpc) is 2.25. The summed E-state index contributed by atoms with van der Waals surface area (Å²) in [6.07, 6.45) is 1.19. The zero-order chi connectivity index (χ0) is 12.4. The molecule has 0 aliphatic carbocycles. The van der Waals surface area contributed by atoms with Gasteiger partial charge in [-0.3, -0.25) is 5.32 Å². The van der Waals surface area contributed by atoms with E-state index in [-0.39, 0.29) is 12.1 Å². The maximum Gasteiger partial charge on any atom is 0.133 e. The summed E-state index contributed by atoms with van der Waals surface area (Å²) < 4.78 is 10.2. The van der Waals surface area contributed by atoms with E-state index in [0.717, 1.165) is 13.0 Å². The standard InChI is InChI=1S/C10H24N3O2Si/c1-8(4-7-15-10(16)14-3)13-9(2)12-6-5-11/h8-10,12-13H,4-7,11H2,1-3H3. The summed E-state index contributed by atoms with van der Waals surface area (Å²) in [4.78, 5) is 0. The fourth-order valence-electron chi connectivity index (χ4n) is 1.29. The molecule has 16 heavy (non-hydrogen) atoms. The molecule has 95 valence electrons. The van der Waals surface area contributed by atoms with Crippen molar-refractivity contribution >= 4 is 10.2 Å². The normalized spacial score (nSPS) is 17.1. The molecule has 0 aliphatic rings. The Hall–Kier alpha value is 0.0169. The number of hydrogen-bond donors (Lipinski definition) is 3. The van der Waals surface area contributed by atoms with Gasteiger partial charge < -0.3 is 20.5 Å². The molecular weight excluding hydrogens is 222 g/mol. The number of rotatable bonds is 10.